The molecule has 1 aliphatic carbocycles. The van der Waals surface area contributed by atoms with Crippen LogP contribution in [0.2, 0.25) is 0 Å². The average Bonchev–Trinajstić information content (AvgIpc) is 2.89. The summed E-state index contributed by atoms with van der Waals surface area (Å²) in [5.74, 6) is -0.147. The maximum Gasteiger partial charge on any atom is 0.240 e. The second kappa shape index (κ2) is 5.59. The van der Waals surface area contributed by atoms with Crippen LogP contribution in [0.5, 0.6) is 5.75 Å². The lowest BCUT2D eigenvalue weighted by Crippen LogP contribution is -2.38. The maximum absolute atomic E-state index is 12.2. The van der Waals surface area contributed by atoms with E-state index in [0.29, 0.717) is 0 Å². The number of aromatic hydroxyl groups is 1. The quantitative estimate of drug-likeness (QED) is 0.475. The summed E-state index contributed by atoms with van der Waals surface area (Å²) in [6, 6.07) is 3.77. The van der Waals surface area contributed by atoms with Gasteiger partial charge in [-0.3, -0.25) is 0 Å². The standard InChI is InChI=1S/C13H20N2O4S/c14-11-7-10(3-4-12(11)17)20(18,19)15-8-13(9-16)5-1-2-6-13/h3-4,7,15-17H,1-2,5-6,8-9,14H2. The molecular weight excluding hydrogens is 280 g/mol. The van der Waals surface area contributed by atoms with Gasteiger partial charge in [0.25, 0.3) is 0 Å². The highest BCUT2D eigenvalue weighted by Crippen LogP contribution is 2.37. The number of phenols is 1. The van der Waals surface area contributed by atoms with Crippen molar-refractivity contribution in [2.45, 2.75) is 30.6 Å². The summed E-state index contributed by atoms with van der Waals surface area (Å²) in [5, 5.41) is 18.8. The molecule has 7 heteroatoms. The van der Waals surface area contributed by atoms with E-state index in [1.165, 1.54) is 18.2 Å². The van der Waals surface area contributed by atoms with Crippen LogP contribution in [0.15, 0.2) is 23.1 Å². The van der Waals surface area contributed by atoms with Crippen molar-refractivity contribution in [2.24, 2.45) is 5.41 Å². The van der Waals surface area contributed by atoms with E-state index in [4.69, 9.17) is 5.73 Å². The second-order valence-corrected chi connectivity index (χ2v) is 7.18. The molecule has 6 nitrogen and oxygen atoms in total. The molecule has 0 aromatic heterocycles. The Hall–Kier alpha value is -1.31. The van der Waals surface area contributed by atoms with Gasteiger partial charge in [0.15, 0.2) is 0 Å². The van der Waals surface area contributed by atoms with Crippen LogP contribution >= 0.6 is 0 Å². The van der Waals surface area contributed by atoms with Crippen LogP contribution in [0.25, 0.3) is 0 Å². The van der Waals surface area contributed by atoms with Crippen LogP contribution in [0.1, 0.15) is 25.7 Å². The first-order chi connectivity index (χ1) is 9.38. The summed E-state index contributed by atoms with van der Waals surface area (Å²) in [5.41, 5.74) is 5.17. The number of phenolic OH excluding ortho intramolecular Hbond substituents is 1. The van der Waals surface area contributed by atoms with Crippen LogP contribution in [-0.4, -0.2) is 31.8 Å². The van der Waals surface area contributed by atoms with E-state index in [2.05, 4.69) is 4.72 Å². The van der Waals surface area contributed by atoms with Crippen LogP contribution in [0.4, 0.5) is 5.69 Å². The molecule has 5 N–H and O–H groups in total. The Bertz CT molecular complexity index is 580. The van der Waals surface area contributed by atoms with Crippen molar-refractivity contribution < 1.29 is 18.6 Å². The molecule has 1 fully saturated rings. The van der Waals surface area contributed by atoms with E-state index in [1.807, 2.05) is 0 Å². The fourth-order valence-corrected chi connectivity index (χ4v) is 3.74. The van der Waals surface area contributed by atoms with Gasteiger partial charge in [-0.25, -0.2) is 13.1 Å². The zero-order valence-corrected chi connectivity index (χ0v) is 12.0. The van der Waals surface area contributed by atoms with Crippen molar-refractivity contribution in [3.8, 4) is 5.75 Å². The maximum atomic E-state index is 12.2. The first-order valence-corrected chi connectivity index (χ1v) is 8.06. The van der Waals surface area contributed by atoms with Crippen molar-refractivity contribution in [1.82, 2.24) is 4.72 Å². The molecule has 0 saturated heterocycles. The molecule has 0 unspecified atom stereocenters. The van der Waals surface area contributed by atoms with Gasteiger partial charge < -0.3 is 15.9 Å². The number of hydrogen-bond donors (Lipinski definition) is 4. The van der Waals surface area contributed by atoms with Gasteiger partial charge in [0.2, 0.25) is 10.0 Å². The topological polar surface area (TPSA) is 113 Å². The van der Waals surface area contributed by atoms with Gasteiger partial charge in [0, 0.05) is 18.6 Å². The first kappa shape index (κ1) is 15.1. The van der Waals surface area contributed by atoms with E-state index in [0.717, 1.165) is 25.7 Å². The molecule has 0 amide bonds. The third-order valence-electron chi connectivity index (χ3n) is 3.95. The number of anilines is 1. The summed E-state index contributed by atoms with van der Waals surface area (Å²) in [6.45, 7) is 0.194. The minimum absolute atomic E-state index is 0.0129. The molecule has 0 atom stereocenters. The molecule has 0 bridgehead atoms. The Morgan fingerprint density at radius 1 is 1.30 bits per heavy atom. The molecule has 112 valence electrons. The number of nitrogen functional groups attached to an aromatic ring is 1. The number of hydrogen-bond acceptors (Lipinski definition) is 5. The number of nitrogens with two attached hydrogens (primary N) is 1. The van der Waals surface area contributed by atoms with E-state index in [1.54, 1.807) is 0 Å². The predicted octanol–water partition coefficient (Wildman–Crippen LogP) is 0.805. The van der Waals surface area contributed by atoms with Crippen molar-refractivity contribution in [2.75, 3.05) is 18.9 Å². The summed E-state index contributed by atoms with van der Waals surface area (Å²) >= 11 is 0. The van der Waals surface area contributed by atoms with Crippen molar-refractivity contribution >= 4 is 15.7 Å². The second-order valence-electron chi connectivity index (χ2n) is 5.41. The molecule has 1 saturated carbocycles. The van der Waals surface area contributed by atoms with Crippen LogP contribution < -0.4 is 10.5 Å². The highest BCUT2D eigenvalue weighted by Gasteiger charge is 2.34. The molecule has 0 spiro atoms. The highest BCUT2D eigenvalue weighted by atomic mass is 32.2. The summed E-state index contributed by atoms with van der Waals surface area (Å²) in [6.07, 6.45) is 3.66. The molecule has 0 radical (unpaired) electrons. The lowest BCUT2D eigenvalue weighted by Gasteiger charge is -2.26. The molecule has 1 aromatic carbocycles. The summed E-state index contributed by atoms with van der Waals surface area (Å²) in [7, 11) is -3.69. The van der Waals surface area contributed by atoms with Crippen LogP contribution in [0, 0.1) is 5.41 Å². The van der Waals surface area contributed by atoms with Gasteiger partial charge in [-0.15, -0.1) is 0 Å². The Morgan fingerprint density at radius 2 is 1.95 bits per heavy atom. The molecule has 20 heavy (non-hydrogen) atoms. The number of benzene rings is 1. The van der Waals surface area contributed by atoms with Gasteiger partial charge in [-0.05, 0) is 31.0 Å². The normalized spacial score (nSPS) is 18.2. The lowest BCUT2D eigenvalue weighted by atomic mass is 9.88. The minimum atomic E-state index is -3.69. The van der Waals surface area contributed by atoms with Gasteiger partial charge in [-0.1, -0.05) is 12.8 Å². The fourth-order valence-electron chi connectivity index (χ4n) is 2.55. The third kappa shape index (κ3) is 3.05. The smallest absolute Gasteiger partial charge is 0.240 e. The molecule has 2 rings (SSSR count). The number of aliphatic hydroxyl groups excluding tert-OH is 1. The zero-order valence-electron chi connectivity index (χ0n) is 11.2. The van der Waals surface area contributed by atoms with Crippen molar-refractivity contribution in [3.63, 3.8) is 0 Å². The Balaban J connectivity index is 2.13. The molecular formula is C13H20N2O4S. The predicted molar refractivity (Wildman–Crippen MR) is 75.7 cm³/mol. The summed E-state index contributed by atoms with van der Waals surface area (Å²) < 4.78 is 26.9. The van der Waals surface area contributed by atoms with Gasteiger partial charge in [-0.2, -0.15) is 0 Å². The van der Waals surface area contributed by atoms with Crippen LogP contribution in [0.3, 0.4) is 0 Å². The van der Waals surface area contributed by atoms with E-state index < -0.39 is 10.0 Å². The molecule has 0 heterocycles. The minimum Gasteiger partial charge on any atom is -0.506 e. The number of rotatable bonds is 5. The van der Waals surface area contributed by atoms with Gasteiger partial charge in [0.05, 0.1) is 10.6 Å². The van der Waals surface area contributed by atoms with Gasteiger partial charge in [0.1, 0.15) is 5.75 Å². The van der Waals surface area contributed by atoms with Gasteiger partial charge >= 0.3 is 0 Å². The highest BCUT2D eigenvalue weighted by molar-refractivity contribution is 7.89. The van der Waals surface area contributed by atoms with Crippen molar-refractivity contribution in [3.05, 3.63) is 18.2 Å². The molecule has 1 aliphatic rings. The largest absolute Gasteiger partial charge is 0.506 e. The van der Waals surface area contributed by atoms with E-state index in [-0.39, 0.29) is 34.9 Å². The SMILES string of the molecule is Nc1cc(S(=O)(=O)NCC2(CO)CCCC2)ccc1O. The number of aliphatic hydroxyl groups is 1. The monoisotopic (exact) mass is 300 g/mol. The zero-order chi connectivity index (χ0) is 14.8. The van der Waals surface area contributed by atoms with E-state index >= 15 is 0 Å². The molecule has 0 aliphatic heterocycles. The Labute approximate surface area is 118 Å². The lowest BCUT2D eigenvalue weighted by molar-refractivity contribution is 0.134. The number of nitrogens with one attached hydrogen (secondary N) is 1. The Morgan fingerprint density at radius 3 is 2.50 bits per heavy atom. The van der Waals surface area contributed by atoms with Crippen molar-refractivity contribution in [1.29, 1.82) is 0 Å². The fraction of sp³-hybridized carbons (Fsp3) is 0.538. The molecule has 1 aromatic rings. The van der Waals surface area contributed by atoms with Crippen LogP contribution in [-0.2, 0) is 10.0 Å². The van der Waals surface area contributed by atoms with E-state index in [9.17, 15) is 18.6 Å². The first-order valence-electron chi connectivity index (χ1n) is 6.58. The average molecular weight is 300 g/mol. The number of sulfonamides is 1. The third-order valence-corrected chi connectivity index (χ3v) is 5.35. The summed E-state index contributed by atoms with van der Waals surface area (Å²) in [4.78, 5) is 0.0129. The Kier molecular flexibility index (Phi) is 4.22.